The molecule has 0 aliphatic heterocycles. The molecule has 0 spiro atoms. The van der Waals surface area contributed by atoms with Crippen LogP contribution < -0.4 is 0 Å². The number of unbranched alkanes of at least 4 members (excludes halogenated alkanes) is 24. The molecule has 0 heterocycles. The zero-order chi connectivity index (χ0) is 38.3. The van der Waals surface area contributed by atoms with Gasteiger partial charge in [-0.1, -0.05) is 52.4 Å². The molecule has 0 radical (unpaired) electrons. The molecule has 6 heteroatoms. The predicted octanol–water partition coefficient (Wildman–Crippen LogP) is 15.4. The van der Waals surface area contributed by atoms with Crippen molar-refractivity contribution in [1.29, 1.82) is 0 Å². The van der Waals surface area contributed by atoms with E-state index in [1.807, 2.05) is 0 Å². The van der Waals surface area contributed by atoms with Crippen LogP contribution in [0.2, 0.25) is 17.7 Å². The molecule has 0 atom stereocenters. The topological polar surface area (TPSA) is 52.6 Å². The monoisotopic (exact) mass is 949 g/mol. The molecule has 0 aromatic heterocycles. The van der Waals surface area contributed by atoms with Crippen LogP contribution in [0.1, 0.15) is 247 Å². The fraction of sp³-hybridized carbons (Fsp3) is 0.913. The first-order valence-corrected chi connectivity index (χ1v) is 35.6. The Kier molecular flexibility index (Phi) is 41.1. The van der Waals surface area contributed by atoms with Gasteiger partial charge >= 0.3 is 292 Å². The molecule has 0 aliphatic rings. The second-order valence-corrected chi connectivity index (χ2v) is 31.2. The summed E-state index contributed by atoms with van der Waals surface area (Å²) in [5, 5.41) is 0. The molecule has 308 valence electrons. The third-order valence-electron chi connectivity index (χ3n) is 11.0. The van der Waals surface area contributed by atoms with Gasteiger partial charge in [0.15, 0.2) is 0 Å². The summed E-state index contributed by atoms with van der Waals surface area (Å²) in [6.45, 7) is 13.5. The number of carbonyl (C=O) groups is 2. The molecular weight excluding hydrogens is 854 g/mol. The van der Waals surface area contributed by atoms with Crippen LogP contribution in [0.15, 0.2) is 11.1 Å². The number of hydrogen-bond donors (Lipinski definition) is 0. The molecule has 0 bridgehead atoms. The van der Waals surface area contributed by atoms with Crippen molar-refractivity contribution in [2.24, 2.45) is 0 Å². The molecule has 0 amide bonds. The van der Waals surface area contributed by atoms with Gasteiger partial charge in [-0.25, -0.2) is 0 Å². The van der Waals surface area contributed by atoms with Crippen LogP contribution in [-0.2, 0) is 15.7 Å². The van der Waals surface area contributed by atoms with E-state index < -0.39 is 40.3 Å². The maximum absolute atomic E-state index is 14.3. The first-order valence-electron chi connectivity index (χ1n) is 23.6. The predicted molar refractivity (Wildman–Crippen MR) is 235 cm³/mol. The van der Waals surface area contributed by atoms with Gasteiger partial charge in [0.25, 0.3) is 0 Å². The normalized spacial score (nSPS) is 12.2. The summed E-state index contributed by atoms with van der Waals surface area (Å²) in [4.78, 5) is 28.5. The van der Waals surface area contributed by atoms with Crippen LogP contribution in [0.25, 0.3) is 0 Å². The van der Waals surface area contributed by atoms with E-state index in [2.05, 4.69) is 41.5 Å². The van der Waals surface area contributed by atoms with Gasteiger partial charge in [0.2, 0.25) is 0 Å². The van der Waals surface area contributed by atoms with Crippen LogP contribution in [0.5, 0.6) is 0 Å². The number of rotatable bonds is 40. The Bertz CT molecular complexity index is 747. The van der Waals surface area contributed by atoms with E-state index in [1.54, 1.807) is 0 Å². The zero-order valence-corrected chi connectivity index (χ0v) is 42.8. The van der Waals surface area contributed by atoms with Gasteiger partial charge < -0.3 is 0 Å². The Morgan fingerprint density at radius 3 is 0.750 bits per heavy atom. The first kappa shape index (κ1) is 52.3. The number of carbonyl (C=O) groups excluding carboxylic acids is 2. The standard InChI is InChI=1S/C30H56O4.4C4H9.2Sn.2H/c1-3-5-7-9-11-13-15-17-19-21-23-25-27(29(31)32)28(30(33)34)26-24-22-20-18-16-14-12-10-8-6-4-2;4*1-3-4-2;;;;/h3-26H2,1-2H3,(H,31,32)(H,33,34);4*1,3-4H2,2H3;;;;/q;;;;;2*+1;;/p-2/b28-27-;;;;;;;;. The van der Waals surface area contributed by atoms with Gasteiger partial charge in [-0.05, 0) is 0 Å². The second-order valence-electron chi connectivity index (χ2n) is 16.2. The third kappa shape index (κ3) is 31.5. The summed E-state index contributed by atoms with van der Waals surface area (Å²) >= 11 is -4.99. The molecule has 0 saturated heterocycles. The van der Waals surface area contributed by atoms with Crippen molar-refractivity contribution in [2.75, 3.05) is 0 Å². The third-order valence-corrected chi connectivity index (χ3v) is 26.1. The molecule has 52 heavy (non-hydrogen) atoms. The second kappa shape index (κ2) is 40.9. The van der Waals surface area contributed by atoms with Gasteiger partial charge in [-0.15, -0.1) is 0 Å². The molecule has 0 saturated carbocycles. The summed E-state index contributed by atoms with van der Waals surface area (Å²) in [5.41, 5.74) is 1.44. The summed E-state index contributed by atoms with van der Waals surface area (Å²) in [7, 11) is 0. The SMILES string of the molecule is CCCCCCCCCCCCC/C(C(=O)[O][SnH]([CH2]CCC)[CH2]CCC)=C(\CCCCCCCCCCCCC)C(=O)[O][SnH]([CH2]CCC)[CH2]CCC. The molecule has 0 aromatic carbocycles. The summed E-state index contributed by atoms with van der Waals surface area (Å²) in [5.74, 6) is -0.243. The van der Waals surface area contributed by atoms with Crippen molar-refractivity contribution in [3.63, 3.8) is 0 Å². The van der Waals surface area contributed by atoms with E-state index in [9.17, 15) is 9.59 Å². The van der Waals surface area contributed by atoms with E-state index in [0.717, 1.165) is 106 Å². The fourth-order valence-corrected chi connectivity index (χ4v) is 22.8. The maximum atomic E-state index is 14.3. The van der Waals surface area contributed by atoms with Gasteiger partial charge in [-0.3, -0.25) is 0 Å². The number of hydrogen-bond acceptors (Lipinski definition) is 4. The Labute approximate surface area is 341 Å². The Hall–Kier alpha value is 0.277. The Morgan fingerprint density at radius 2 is 0.519 bits per heavy atom. The first-order chi connectivity index (χ1) is 25.5. The van der Waals surface area contributed by atoms with Crippen molar-refractivity contribution in [3.05, 3.63) is 11.1 Å². The average Bonchev–Trinajstić information content (AvgIpc) is 3.15. The van der Waals surface area contributed by atoms with E-state index >= 15 is 0 Å². The van der Waals surface area contributed by atoms with E-state index in [4.69, 9.17) is 6.15 Å². The quantitative estimate of drug-likeness (QED) is 0.0349. The van der Waals surface area contributed by atoms with Crippen molar-refractivity contribution >= 4 is 52.3 Å². The zero-order valence-electron chi connectivity index (χ0n) is 36.2. The Morgan fingerprint density at radius 1 is 0.308 bits per heavy atom. The van der Waals surface area contributed by atoms with Crippen LogP contribution in [0, 0.1) is 0 Å². The van der Waals surface area contributed by atoms with E-state index in [0.29, 0.717) is 12.8 Å². The molecule has 0 aliphatic carbocycles. The van der Waals surface area contributed by atoms with Crippen molar-refractivity contribution in [3.8, 4) is 0 Å². The van der Waals surface area contributed by atoms with Crippen molar-refractivity contribution < 1.29 is 15.7 Å². The van der Waals surface area contributed by atoms with E-state index in [-0.39, 0.29) is 11.9 Å². The van der Waals surface area contributed by atoms with Crippen LogP contribution >= 0.6 is 0 Å². The fourth-order valence-electron chi connectivity index (χ4n) is 7.38. The van der Waals surface area contributed by atoms with Crippen LogP contribution in [0.3, 0.4) is 0 Å². The molecule has 0 rings (SSSR count). The summed E-state index contributed by atoms with van der Waals surface area (Å²) in [6.07, 6.45) is 38.8. The minimum absolute atomic E-state index is 0.121. The molecule has 0 N–H and O–H groups in total. The van der Waals surface area contributed by atoms with Crippen molar-refractivity contribution in [1.82, 2.24) is 0 Å². The van der Waals surface area contributed by atoms with Gasteiger partial charge in [-0.2, -0.15) is 0 Å². The Balaban J connectivity index is 5.86. The molecule has 4 nitrogen and oxygen atoms in total. The summed E-state index contributed by atoms with van der Waals surface area (Å²) in [6, 6.07) is 0. The van der Waals surface area contributed by atoms with Gasteiger partial charge in [0, 0.05) is 0 Å². The van der Waals surface area contributed by atoms with Gasteiger partial charge in [0.1, 0.15) is 0 Å². The minimum atomic E-state index is -2.50. The summed E-state index contributed by atoms with van der Waals surface area (Å²) < 4.78 is 17.6. The average molecular weight is 947 g/mol. The molecule has 0 unspecified atom stereocenters. The van der Waals surface area contributed by atoms with Gasteiger partial charge in [0.05, 0.1) is 0 Å². The molecule has 0 fully saturated rings. The van der Waals surface area contributed by atoms with E-state index in [1.165, 1.54) is 116 Å². The van der Waals surface area contributed by atoms with Crippen LogP contribution in [-0.4, -0.2) is 52.3 Å². The van der Waals surface area contributed by atoms with Crippen LogP contribution in [0.4, 0.5) is 0 Å². The molecule has 0 aromatic rings. The molecular formula is C46H92O4Sn2. The van der Waals surface area contributed by atoms with Crippen molar-refractivity contribution in [2.45, 2.75) is 265 Å².